The molecule has 10 heteroatoms. The van der Waals surface area contributed by atoms with E-state index in [1.807, 2.05) is 37.5 Å². The van der Waals surface area contributed by atoms with Gasteiger partial charge in [-0.1, -0.05) is 29.8 Å². The number of rotatable bonds is 3. The maximum atomic E-state index is 12.0. The Morgan fingerprint density at radius 1 is 1.27 bits per heavy atom. The Balaban J connectivity index is 1.35. The van der Waals surface area contributed by atoms with E-state index < -0.39 is 0 Å². The van der Waals surface area contributed by atoms with Crippen LogP contribution in [0.1, 0.15) is 12.1 Å². The zero-order valence-corrected chi connectivity index (χ0v) is 18.8. The van der Waals surface area contributed by atoms with Crippen LogP contribution in [0.3, 0.4) is 0 Å². The number of amides is 2. The third kappa shape index (κ3) is 3.27. The van der Waals surface area contributed by atoms with Crippen LogP contribution in [0.5, 0.6) is 0 Å². The van der Waals surface area contributed by atoms with E-state index >= 15 is 0 Å². The van der Waals surface area contributed by atoms with Crippen LogP contribution in [0.2, 0.25) is 5.02 Å². The molecule has 0 saturated carbocycles. The van der Waals surface area contributed by atoms with Gasteiger partial charge in [0.25, 0.3) is 0 Å². The van der Waals surface area contributed by atoms with Gasteiger partial charge in [0, 0.05) is 49.4 Å². The number of pyridine rings is 1. The van der Waals surface area contributed by atoms with E-state index in [1.54, 1.807) is 15.6 Å². The van der Waals surface area contributed by atoms with Crippen LogP contribution >= 0.6 is 11.6 Å². The number of piperidine rings is 1. The lowest BCUT2D eigenvalue weighted by atomic mass is 10.00. The molecule has 0 unspecified atom stereocenters. The summed E-state index contributed by atoms with van der Waals surface area (Å²) in [5.41, 5.74) is 10.4. The van der Waals surface area contributed by atoms with Crippen LogP contribution in [0.25, 0.3) is 27.7 Å². The molecule has 2 saturated heterocycles. The summed E-state index contributed by atoms with van der Waals surface area (Å²) in [5, 5.41) is 8.95. The van der Waals surface area contributed by atoms with Crippen LogP contribution < -0.4 is 11.1 Å². The van der Waals surface area contributed by atoms with E-state index in [-0.39, 0.29) is 18.1 Å². The molecular formula is C23H23ClN8O. The van der Waals surface area contributed by atoms with Gasteiger partial charge in [0.2, 0.25) is 0 Å². The first-order valence-electron chi connectivity index (χ1n) is 10.9. The molecule has 0 spiro atoms. The molecule has 2 aliphatic rings. The number of hydrogen-bond acceptors (Lipinski definition) is 6. The number of nitrogen functional groups attached to an aromatic ring is 1. The lowest BCUT2D eigenvalue weighted by Gasteiger charge is -2.35. The first-order chi connectivity index (χ1) is 16.0. The number of nitrogens with one attached hydrogen (secondary N) is 1. The van der Waals surface area contributed by atoms with Crippen molar-refractivity contribution in [3.05, 3.63) is 53.4 Å². The van der Waals surface area contributed by atoms with Crippen LogP contribution in [0.15, 0.2) is 42.7 Å². The van der Waals surface area contributed by atoms with Crippen molar-refractivity contribution >= 4 is 40.0 Å². The number of urea groups is 1. The predicted molar refractivity (Wildman–Crippen MR) is 127 cm³/mol. The van der Waals surface area contributed by atoms with Crippen LogP contribution in [0, 0.1) is 0 Å². The number of halogens is 1. The Morgan fingerprint density at radius 2 is 2.12 bits per heavy atom. The number of para-hydroxylation sites is 1. The SMILES string of the molecule is CN1C(=O)N[C@H]2CN(Cc3nc4c(-c5cnc6ccccc6c5)cnn4c(N)c3Cl)CC[C@H]21. The number of nitrogens with zero attached hydrogens (tertiary/aromatic N) is 6. The number of carbonyl (C=O) groups excluding carboxylic acids is 1. The number of carbonyl (C=O) groups is 1. The van der Waals surface area contributed by atoms with Gasteiger partial charge in [-0.15, -0.1) is 0 Å². The van der Waals surface area contributed by atoms with E-state index in [0.717, 1.165) is 41.5 Å². The van der Waals surface area contributed by atoms with E-state index in [0.29, 0.717) is 28.7 Å². The molecule has 2 atom stereocenters. The number of benzene rings is 1. The third-order valence-corrected chi connectivity index (χ3v) is 7.16. The second-order valence-electron chi connectivity index (χ2n) is 8.73. The quantitative estimate of drug-likeness (QED) is 0.485. The lowest BCUT2D eigenvalue weighted by molar-refractivity contribution is 0.146. The molecule has 2 amide bonds. The standard InChI is InChI=1S/C23H23ClN8O/c1-30-19-6-7-31(11-17(19)29-23(30)33)12-18-20(24)21(25)32-22(28-18)15(10-27-32)14-8-13-4-2-3-5-16(13)26-9-14/h2-5,8-10,17,19H,6-7,11-12,25H2,1H3,(H,29,33)/t17-,19+/m0/s1. The number of fused-ring (bicyclic) bond motifs is 3. The predicted octanol–water partition coefficient (Wildman–Crippen LogP) is 2.78. The van der Waals surface area contributed by atoms with Crippen LogP contribution in [0.4, 0.5) is 10.6 Å². The molecule has 3 aromatic heterocycles. The Bertz CT molecular complexity index is 1400. The van der Waals surface area contributed by atoms with Crippen molar-refractivity contribution in [2.24, 2.45) is 0 Å². The number of likely N-dealkylation sites (N-methyl/N-ethyl adjacent to an activating group) is 1. The first kappa shape index (κ1) is 20.2. The summed E-state index contributed by atoms with van der Waals surface area (Å²) in [6.45, 7) is 2.14. The summed E-state index contributed by atoms with van der Waals surface area (Å²) in [5.74, 6) is 0.362. The molecule has 168 valence electrons. The van der Waals surface area contributed by atoms with Crippen molar-refractivity contribution < 1.29 is 4.79 Å². The van der Waals surface area contributed by atoms with E-state index in [9.17, 15) is 4.79 Å². The molecule has 1 aromatic carbocycles. The van der Waals surface area contributed by atoms with Gasteiger partial charge in [-0.25, -0.2) is 9.78 Å². The summed E-state index contributed by atoms with van der Waals surface area (Å²) in [4.78, 5) is 25.5. The summed E-state index contributed by atoms with van der Waals surface area (Å²) in [6.07, 6.45) is 4.48. The fourth-order valence-corrected chi connectivity index (χ4v) is 5.13. The third-order valence-electron chi connectivity index (χ3n) is 6.75. The summed E-state index contributed by atoms with van der Waals surface area (Å²) in [7, 11) is 1.85. The minimum absolute atomic E-state index is 0.0124. The fourth-order valence-electron chi connectivity index (χ4n) is 4.95. The number of likely N-dealkylation sites (tertiary alicyclic amines) is 1. The molecule has 0 bridgehead atoms. The maximum absolute atomic E-state index is 12.0. The zero-order chi connectivity index (χ0) is 22.7. The van der Waals surface area contributed by atoms with Gasteiger partial charge in [-0.2, -0.15) is 9.61 Å². The largest absolute Gasteiger partial charge is 0.382 e. The Labute approximate surface area is 195 Å². The van der Waals surface area contributed by atoms with Crippen molar-refractivity contribution in [3.63, 3.8) is 0 Å². The van der Waals surface area contributed by atoms with Gasteiger partial charge in [-0.05, 0) is 18.6 Å². The number of anilines is 1. The lowest BCUT2D eigenvalue weighted by Crippen LogP contribution is -2.50. The van der Waals surface area contributed by atoms with E-state index in [4.69, 9.17) is 22.3 Å². The number of nitrogens with two attached hydrogens (primary N) is 1. The molecule has 0 aliphatic carbocycles. The van der Waals surface area contributed by atoms with E-state index in [2.05, 4.69) is 26.4 Å². The molecule has 2 fully saturated rings. The zero-order valence-electron chi connectivity index (χ0n) is 18.1. The monoisotopic (exact) mass is 462 g/mol. The smallest absolute Gasteiger partial charge is 0.317 e. The highest BCUT2D eigenvalue weighted by Crippen LogP contribution is 2.32. The van der Waals surface area contributed by atoms with Gasteiger partial charge in [0.1, 0.15) is 10.8 Å². The molecule has 33 heavy (non-hydrogen) atoms. The molecule has 3 N–H and O–H groups in total. The molecule has 2 aliphatic heterocycles. The van der Waals surface area contributed by atoms with Crippen LogP contribution in [-0.2, 0) is 6.54 Å². The molecule has 5 heterocycles. The topological polar surface area (TPSA) is 105 Å². The van der Waals surface area contributed by atoms with E-state index in [1.165, 1.54) is 0 Å². The van der Waals surface area contributed by atoms with Gasteiger partial charge < -0.3 is 16.0 Å². The van der Waals surface area contributed by atoms with Gasteiger partial charge in [0.15, 0.2) is 5.65 Å². The normalized spacial score (nSPS) is 21.0. The van der Waals surface area contributed by atoms with Gasteiger partial charge in [0.05, 0.1) is 29.5 Å². The highest BCUT2D eigenvalue weighted by atomic mass is 35.5. The van der Waals surface area contributed by atoms with Crippen LogP contribution in [-0.4, -0.2) is 67.6 Å². The molecule has 6 rings (SSSR count). The second kappa shape index (κ2) is 7.57. The van der Waals surface area contributed by atoms with Crippen molar-refractivity contribution in [1.82, 2.24) is 34.7 Å². The van der Waals surface area contributed by atoms with Gasteiger partial charge in [-0.3, -0.25) is 9.88 Å². The Kier molecular flexibility index (Phi) is 4.63. The number of hydrogen-bond donors (Lipinski definition) is 2. The van der Waals surface area contributed by atoms with Crippen molar-refractivity contribution in [2.75, 3.05) is 25.9 Å². The highest BCUT2D eigenvalue weighted by Gasteiger charge is 2.40. The maximum Gasteiger partial charge on any atom is 0.317 e. The number of aromatic nitrogens is 4. The Morgan fingerprint density at radius 3 is 3.00 bits per heavy atom. The second-order valence-corrected chi connectivity index (χ2v) is 9.10. The fraction of sp³-hybridized carbons (Fsp3) is 0.304. The minimum Gasteiger partial charge on any atom is -0.382 e. The summed E-state index contributed by atoms with van der Waals surface area (Å²) in [6, 6.07) is 10.4. The van der Waals surface area contributed by atoms with Gasteiger partial charge >= 0.3 is 6.03 Å². The summed E-state index contributed by atoms with van der Waals surface area (Å²) < 4.78 is 1.58. The molecule has 4 aromatic rings. The highest BCUT2D eigenvalue weighted by molar-refractivity contribution is 6.33. The average molecular weight is 463 g/mol. The Hall–Kier alpha value is -3.43. The molecule has 0 radical (unpaired) electrons. The molecule has 9 nitrogen and oxygen atoms in total. The van der Waals surface area contributed by atoms with Crippen molar-refractivity contribution in [3.8, 4) is 11.1 Å². The van der Waals surface area contributed by atoms with Crippen molar-refractivity contribution in [1.29, 1.82) is 0 Å². The first-order valence-corrected chi connectivity index (χ1v) is 11.3. The van der Waals surface area contributed by atoms with Crippen molar-refractivity contribution in [2.45, 2.75) is 25.0 Å². The summed E-state index contributed by atoms with van der Waals surface area (Å²) >= 11 is 6.62. The average Bonchev–Trinajstić information content (AvgIpc) is 3.37. The minimum atomic E-state index is -0.0124. The molecular weight excluding hydrogens is 440 g/mol.